The summed E-state index contributed by atoms with van der Waals surface area (Å²) in [4.78, 5) is 13.2. The molecule has 4 rings (SSSR count). The van der Waals surface area contributed by atoms with E-state index in [2.05, 4.69) is 51.6 Å². The molecule has 0 saturated heterocycles. The van der Waals surface area contributed by atoms with Crippen molar-refractivity contribution < 1.29 is 19.1 Å². The number of ether oxygens (including phenoxy) is 1. The lowest BCUT2D eigenvalue weighted by molar-refractivity contribution is -0.0524. The first-order chi connectivity index (χ1) is 20.2. The molecule has 1 N–H and O–H groups in total. The summed E-state index contributed by atoms with van der Waals surface area (Å²) in [5, 5.41) is 14.0. The van der Waals surface area contributed by atoms with E-state index in [-0.39, 0.29) is 11.0 Å². The Morgan fingerprint density at radius 3 is 1.71 bits per heavy atom. The van der Waals surface area contributed by atoms with Gasteiger partial charge in [-0.3, -0.25) is 0 Å². The fraction of sp³-hybridized carbons (Fsp3) is 0.270. The van der Waals surface area contributed by atoms with Crippen molar-refractivity contribution in [3.63, 3.8) is 0 Å². The molecule has 4 atom stereocenters. The predicted molar refractivity (Wildman–Crippen MR) is 174 cm³/mol. The van der Waals surface area contributed by atoms with Crippen molar-refractivity contribution in [2.45, 2.75) is 57.5 Å². The molecule has 4 aromatic rings. The summed E-state index contributed by atoms with van der Waals surface area (Å²) in [6, 6.07) is 39.3. The Morgan fingerprint density at radius 2 is 1.26 bits per heavy atom. The number of hydrogen-bond acceptors (Lipinski definition) is 4. The minimum atomic E-state index is -3.07. The first-order valence-electron chi connectivity index (χ1n) is 14.6. The van der Waals surface area contributed by atoms with Crippen LogP contribution in [0.2, 0.25) is 5.04 Å². The van der Waals surface area contributed by atoms with Crippen LogP contribution >= 0.6 is 0 Å². The van der Waals surface area contributed by atoms with Gasteiger partial charge in [-0.1, -0.05) is 143 Å². The molecule has 0 spiro atoms. The number of carbonyl (C=O) groups is 1. The lowest BCUT2D eigenvalue weighted by Crippen LogP contribution is -2.68. The van der Waals surface area contributed by atoms with Crippen LogP contribution < -0.4 is 10.4 Å². The Kier molecular flexibility index (Phi) is 10.3. The first-order valence-corrected chi connectivity index (χ1v) is 16.5. The largest absolute Gasteiger partial charge is 0.458 e. The molecule has 0 bridgehead atoms. The third-order valence-corrected chi connectivity index (χ3v) is 13.0. The third kappa shape index (κ3) is 6.81. The molecule has 0 unspecified atom stereocenters. The quantitative estimate of drug-likeness (QED) is 0.111. The van der Waals surface area contributed by atoms with Crippen LogP contribution in [-0.4, -0.2) is 31.6 Å². The van der Waals surface area contributed by atoms with E-state index in [0.717, 1.165) is 15.9 Å². The number of esters is 1. The van der Waals surface area contributed by atoms with Crippen molar-refractivity contribution in [1.82, 2.24) is 0 Å². The van der Waals surface area contributed by atoms with Crippen molar-refractivity contribution in [2.24, 2.45) is 5.92 Å². The van der Waals surface area contributed by atoms with Gasteiger partial charge in [-0.05, 0) is 33.1 Å². The van der Waals surface area contributed by atoms with Gasteiger partial charge in [0.2, 0.25) is 0 Å². The highest BCUT2D eigenvalue weighted by atomic mass is 28.4. The van der Waals surface area contributed by atoms with Gasteiger partial charge in [0.25, 0.3) is 8.32 Å². The Morgan fingerprint density at radius 1 is 0.810 bits per heavy atom. The van der Waals surface area contributed by atoms with Crippen LogP contribution in [-0.2, 0) is 9.16 Å². The van der Waals surface area contributed by atoms with Crippen LogP contribution in [0.25, 0.3) is 0 Å². The Labute approximate surface area is 251 Å². The number of carbonyl (C=O) groups excluding carboxylic acids is 1. The minimum Gasteiger partial charge on any atom is -0.458 e. The van der Waals surface area contributed by atoms with E-state index in [9.17, 15) is 9.90 Å². The van der Waals surface area contributed by atoms with Gasteiger partial charge in [0, 0.05) is 12.3 Å². The van der Waals surface area contributed by atoms with Crippen molar-refractivity contribution in [3.8, 4) is 0 Å². The molecule has 4 nitrogen and oxygen atoms in total. The average Bonchev–Trinajstić information content (AvgIpc) is 3.02. The summed E-state index contributed by atoms with van der Waals surface area (Å²) >= 11 is 0. The normalized spacial score (nSPS) is 14.8. The maximum atomic E-state index is 13.2. The second kappa shape index (κ2) is 13.9. The smallest absolute Gasteiger partial charge is 0.338 e. The van der Waals surface area contributed by atoms with Crippen molar-refractivity contribution >= 4 is 24.7 Å². The molecule has 0 saturated carbocycles. The van der Waals surface area contributed by atoms with E-state index >= 15 is 0 Å². The molecule has 0 aliphatic carbocycles. The minimum absolute atomic E-state index is 0.307. The van der Waals surface area contributed by atoms with E-state index in [1.54, 1.807) is 18.2 Å². The van der Waals surface area contributed by atoms with Gasteiger partial charge < -0.3 is 14.3 Å². The Bertz CT molecular complexity index is 1360. The van der Waals surface area contributed by atoms with Crippen molar-refractivity contribution in [1.29, 1.82) is 0 Å². The second-order valence-electron chi connectivity index (χ2n) is 11.8. The van der Waals surface area contributed by atoms with Gasteiger partial charge in [-0.15, -0.1) is 6.58 Å². The molecule has 0 heterocycles. The molecular weight excluding hydrogens is 536 g/mol. The maximum absolute atomic E-state index is 13.2. The summed E-state index contributed by atoms with van der Waals surface area (Å²) < 4.78 is 13.7. The van der Waals surface area contributed by atoms with Gasteiger partial charge in [-0.2, -0.15) is 0 Å². The van der Waals surface area contributed by atoms with Crippen LogP contribution in [0, 0.1) is 5.92 Å². The molecule has 4 aromatic carbocycles. The highest BCUT2D eigenvalue weighted by Crippen LogP contribution is 2.41. The summed E-state index contributed by atoms with van der Waals surface area (Å²) in [5.41, 5.74) is 1.23. The zero-order valence-corrected chi connectivity index (χ0v) is 26.0. The van der Waals surface area contributed by atoms with Gasteiger partial charge >= 0.3 is 5.97 Å². The highest BCUT2D eigenvalue weighted by molar-refractivity contribution is 6.99. The fourth-order valence-corrected chi connectivity index (χ4v) is 10.5. The molecule has 0 aliphatic heterocycles. The van der Waals surface area contributed by atoms with E-state index < -0.39 is 32.6 Å². The average molecular weight is 579 g/mol. The van der Waals surface area contributed by atoms with E-state index in [0.29, 0.717) is 12.0 Å². The lowest BCUT2D eigenvalue weighted by atomic mass is 9.89. The number of aliphatic hydroxyl groups excluding tert-OH is 1. The van der Waals surface area contributed by atoms with E-state index in [4.69, 9.17) is 9.16 Å². The maximum Gasteiger partial charge on any atom is 0.338 e. The van der Waals surface area contributed by atoms with E-state index in [1.165, 1.54) is 0 Å². The van der Waals surface area contributed by atoms with Crippen LogP contribution in [0.3, 0.4) is 0 Å². The number of hydrogen-bond donors (Lipinski definition) is 1. The van der Waals surface area contributed by atoms with Gasteiger partial charge in [0.15, 0.2) is 0 Å². The number of rotatable bonds is 12. The van der Waals surface area contributed by atoms with E-state index in [1.807, 2.05) is 91.9 Å². The molecule has 5 heteroatoms. The lowest BCUT2D eigenvalue weighted by Gasteiger charge is -2.47. The molecule has 0 aliphatic rings. The monoisotopic (exact) mass is 578 g/mol. The second-order valence-corrected chi connectivity index (χ2v) is 16.0. The molecule has 42 heavy (non-hydrogen) atoms. The fourth-order valence-electron chi connectivity index (χ4n) is 5.72. The van der Waals surface area contributed by atoms with Gasteiger partial charge in [0.05, 0.1) is 11.7 Å². The van der Waals surface area contributed by atoms with Crippen molar-refractivity contribution in [3.05, 3.63) is 145 Å². The standard InChI is InChI=1S/C37H42O4Si/c1-6-19-33(40-36(39)30-22-13-8-14-23-30)28(2)35(34(38)29-20-11-7-12-21-29)41-42(37(3,4)5,31-24-15-9-16-25-31)32-26-17-10-18-27-32/h6-18,20-28,33-35,38H,1,19H2,2-5H3/t28-,33-,34+,35+/m0/s1. The highest BCUT2D eigenvalue weighted by Gasteiger charge is 2.53. The van der Waals surface area contributed by atoms with Crippen LogP contribution in [0.4, 0.5) is 0 Å². The summed E-state index contributed by atoms with van der Waals surface area (Å²) in [6.45, 7) is 12.6. The molecular formula is C37H42O4Si. The summed E-state index contributed by atoms with van der Waals surface area (Å²) in [7, 11) is -3.07. The SMILES string of the molecule is C=CC[C@H](OC(=O)c1ccccc1)[C@H](C)[C@@H](O[Si](c1ccccc1)(c1ccccc1)C(C)(C)C)[C@H](O)c1ccccc1. The van der Waals surface area contributed by atoms with Crippen molar-refractivity contribution in [2.75, 3.05) is 0 Å². The first kappa shape index (κ1) is 31.2. The Hall–Kier alpha value is -3.77. The summed E-state index contributed by atoms with van der Waals surface area (Å²) in [5.74, 6) is -0.791. The zero-order valence-electron chi connectivity index (χ0n) is 25.0. The summed E-state index contributed by atoms with van der Waals surface area (Å²) in [6.07, 6.45) is -0.0644. The molecule has 0 fully saturated rings. The van der Waals surface area contributed by atoms with Gasteiger partial charge in [0.1, 0.15) is 12.2 Å². The van der Waals surface area contributed by atoms with Gasteiger partial charge in [-0.25, -0.2) is 4.79 Å². The Balaban J connectivity index is 1.86. The molecule has 0 aromatic heterocycles. The van der Waals surface area contributed by atoms with Crippen LogP contribution in [0.1, 0.15) is 56.1 Å². The number of aliphatic hydroxyl groups is 1. The van der Waals surface area contributed by atoms with Crippen LogP contribution in [0.15, 0.2) is 134 Å². The van der Waals surface area contributed by atoms with Crippen LogP contribution in [0.5, 0.6) is 0 Å². The third-order valence-electron chi connectivity index (χ3n) is 7.95. The number of benzene rings is 4. The molecule has 218 valence electrons. The zero-order chi connectivity index (χ0) is 30.2. The molecule has 0 amide bonds. The topological polar surface area (TPSA) is 55.8 Å². The molecule has 0 radical (unpaired) electrons. The predicted octanol–water partition coefficient (Wildman–Crippen LogP) is 7.10.